The summed E-state index contributed by atoms with van der Waals surface area (Å²) in [6.45, 7) is 1.78. The number of hydrogen-bond donors (Lipinski definition) is 1. The third-order valence-corrected chi connectivity index (χ3v) is 5.79. The van der Waals surface area contributed by atoms with Gasteiger partial charge in [-0.15, -0.1) is 11.3 Å². The second-order valence-corrected chi connectivity index (χ2v) is 7.76. The number of nitrogens with zero attached hydrogens (tertiary/aromatic N) is 4. The van der Waals surface area contributed by atoms with Gasteiger partial charge in [0.1, 0.15) is 5.52 Å². The van der Waals surface area contributed by atoms with Crippen molar-refractivity contribution in [3.05, 3.63) is 51.1 Å². The van der Waals surface area contributed by atoms with Crippen LogP contribution in [-0.4, -0.2) is 33.5 Å². The predicted octanol–water partition coefficient (Wildman–Crippen LogP) is 1.92. The Morgan fingerprint density at radius 2 is 2.26 bits per heavy atom. The van der Waals surface area contributed by atoms with Gasteiger partial charge in [0.15, 0.2) is 11.5 Å². The molecular weight excluding hydrogens is 362 g/mol. The summed E-state index contributed by atoms with van der Waals surface area (Å²) < 4.78 is 1.53. The van der Waals surface area contributed by atoms with E-state index in [2.05, 4.69) is 15.3 Å². The van der Waals surface area contributed by atoms with Crippen LogP contribution >= 0.6 is 11.3 Å². The second-order valence-electron chi connectivity index (χ2n) is 6.73. The highest BCUT2D eigenvalue weighted by Crippen LogP contribution is 2.21. The quantitative estimate of drug-likeness (QED) is 0.745. The van der Waals surface area contributed by atoms with Gasteiger partial charge in [-0.3, -0.25) is 14.2 Å². The summed E-state index contributed by atoms with van der Waals surface area (Å²) in [4.78, 5) is 37.2. The van der Waals surface area contributed by atoms with E-state index >= 15 is 0 Å². The molecule has 1 aliphatic rings. The first-order valence-corrected chi connectivity index (χ1v) is 9.88. The summed E-state index contributed by atoms with van der Waals surface area (Å²) >= 11 is 1.63. The lowest BCUT2D eigenvalue weighted by molar-refractivity contribution is -0.125. The zero-order valence-electron chi connectivity index (χ0n) is 15.1. The highest BCUT2D eigenvalue weighted by molar-refractivity contribution is 7.09. The Kier molecular flexibility index (Phi) is 4.89. The smallest absolute Gasteiger partial charge is 0.294 e. The topological polar surface area (TPSA) is 80.1 Å². The molecule has 0 bridgehead atoms. The lowest BCUT2D eigenvalue weighted by Gasteiger charge is -2.32. The average Bonchev–Trinajstić information content (AvgIpc) is 3.22. The third kappa shape index (κ3) is 3.57. The van der Waals surface area contributed by atoms with E-state index in [0.717, 1.165) is 24.3 Å². The molecule has 0 radical (unpaired) electrons. The Bertz CT molecular complexity index is 1010. The molecule has 3 aromatic heterocycles. The normalized spacial score (nSPS) is 17.2. The molecule has 0 saturated carbocycles. The molecule has 1 saturated heterocycles. The van der Waals surface area contributed by atoms with E-state index in [0.29, 0.717) is 30.1 Å². The zero-order valence-corrected chi connectivity index (χ0v) is 15.9. The van der Waals surface area contributed by atoms with Crippen molar-refractivity contribution in [2.75, 3.05) is 18.0 Å². The number of anilines is 1. The van der Waals surface area contributed by atoms with E-state index in [1.807, 2.05) is 28.5 Å². The summed E-state index contributed by atoms with van der Waals surface area (Å²) in [6.07, 6.45) is 3.33. The van der Waals surface area contributed by atoms with Crippen molar-refractivity contribution in [3.63, 3.8) is 0 Å². The molecule has 4 rings (SSSR count). The molecule has 0 spiro atoms. The van der Waals surface area contributed by atoms with Crippen molar-refractivity contribution in [2.45, 2.75) is 19.4 Å². The highest BCUT2D eigenvalue weighted by Gasteiger charge is 2.28. The first-order chi connectivity index (χ1) is 13.1. The van der Waals surface area contributed by atoms with Crippen molar-refractivity contribution < 1.29 is 4.79 Å². The molecule has 1 atom stereocenters. The lowest BCUT2D eigenvalue weighted by atomic mass is 9.97. The Labute approximate surface area is 160 Å². The van der Waals surface area contributed by atoms with Crippen LogP contribution in [0.3, 0.4) is 0 Å². The highest BCUT2D eigenvalue weighted by atomic mass is 32.1. The average molecular weight is 383 g/mol. The van der Waals surface area contributed by atoms with Crippen LogP contribution in [0.4, 0.5) is 5.82 Å². The van der Waals surface area contributed by atoms with E-state index in [4.69, 9.17) is 0 Å². The second kappa shape index (κ2) is 7.48. The number of aryl methyl sites for hydroxylation is 1. The van der Waals surface area contributed by atoms with E-state index in [1.165, 1.54) is 4.57 Å². The minimum absolute atomic E-state index is 0.0346. The summed E-state index contributed by atoms with van der Waals surface area (Å²) in [5.74, 6) is 0.288. The fourth-order valence-electron chi connectivity index (χ4n) is 3.46. The molecule has 0 aromatic carbocycles. The number of pyridine rings is 1. The van der Waals surface area contributed by atoms with Gasteiger partial charge in [0.05, 0.1) is 12.5 Å². The molecule has 1 amide bonds. The fourth-order valence-corrected chi connectivity index (χ4v) is 4.11. The number of nitrogens with one attached hydrogen (secondary N) is 1. The van der Waals surface area contributed by atoms with Crippen molar-refractivity contribution in [2.24, 2.45) is 13.0 Å². The summed E-state index contributed by atoms with van der Waals surface area (Å²) in [5, 5.41) is 5.01. The van der Waals surface area contributed by atoms with Gasteiger partial charge < -0.3 is 10.2 Å². The van der Waals surface area contributed by atoms with E-state index < -0.39 is 0 Å². The SMILES string of the molecule is Cn1c(=O)c(N2CCC[C@@H](C(=O)NCc3cccs3)C2)nc2cccnc21. The van der Waals surface area contributed by atoms with Crippen LogP contribution in [0.2, 0.25) is 0 Å². The molecule has 0 aliphatic carbocycles. The van der Waals surface area contributed by atoms with Gasteiger partial charge in [-0.2, -0.15) is 0 Å². The Balaban J connectivity index is 1.53. The monoisotopic (exact) mass is 383 g/mol. The van der Waals surface area contributed by atoms with Gasteiger partial charge in [-0.1, -0.05) is 6.07 Å². The van der Waals surface area contributed by atoms with E-state index in [-0.39, 0.29) is 17.4 Å². The van der Waals surface area contributed by atoms with E-state index in [1.54, 1.807) is 30.6 Å². The van der Waals surface area contributed by atoms with Gasteiger partial charge in [0.2, 0.25) is 5.91 Å². The largest absolute Gasteiger partial charge is 0.351 e. The Morgan fingerprint density at radius 3 is 3.07 bits per heavy atom. The summed E-state index contributed by atoms with van der Waals surface area (Å²) in [5.41, 5.74) is 1.06. The molecule has 3 aromatic rings. The molecule has 140 valence electrons. The number of amides is 1. The Hall–Kier alpha value is -2.74. The molecule has 27 heavy (non-hydrogen) atoms. The van der Waals surface area contributed by atoms with Crippen LogP contribution in [0.25, 0.3) is 11.2 Å². The maximum atomic E-state index is 12.8. The minimum atomic E-state index is -0.180. The van der Waals surface area contributed by atoms with Crippen LogP contribution in [-0.2, 0) is 18.4 Å². The number of fused-ring (bicyclic) bond motifs is 1. The fraction of sp³-hybridized carbons (Fsp3) is 0.368. The summed E-state index contributed by atoms with van der Waals surface area (Å²) in [7, 11) is 1.71. The number of hydrogen-bond acceptors (Lipinski definition) is 6. The van der Waals surface area contributed by atoms with Gasteiger partial charge in [0, 0.05) is 31.2 Å². The van der Waals surface area contributed by atoms with Crippen LogP contribution < -0.4 is 15.8 Å². The summed E-state index contributed by atoms with van der Waals surface area (Å²) in [6, 6.07) is 7.64. The van der Waals surface area contributed by atoms with Gasteiger partial charge in [-0.25, -0.2) is 9.97 Å². The number of piperidine rings is 1. The van der Waals surface area contributed by atoms with Gasteiger partial charge >= 0.3 is 0 Å². The molecule has 0 unspecified atom stereocenters. The van der Waals surface area contributed by atoms with Crippen molar-refractivity contribution in [1.29, 1.82) is 0 Å². The molecule has 8 heteroatoms. The first-order valence-electron chi connectivity index (χ1n) is 9.00. The number of rotatable bonds is 4. The number of carbonyl (C=O) groups is 1. The minimum Gasteiger partial charge on any atom is -0.351 e. The van der Waals surface area contributed by atoms with Crippen molar-refractivity contribution in [1.82, 2.24) is 19.9 Å². The number of carbonyl (C=O) groups excluding carboxylic acids is 1. The lowest BCUT2D eigenvalue weighted by Crippen LogP contribution is -2.45. The first kappa shape index (κ1) is 17.7. The molecule has 1 N–H and O–H groups in total. The predicted molar refractivity (Wildman–Crippen MR) is 106 cm³/mol. The standard InChI is InChI=1S/C19H21N5O2S/c1-23-16-15(7-2-8-20-16)22-17(19(23)26)24-9-3-5-13(12-24)18(25)21-11-14-6-4-10-27-14/h2,4,6-8,10,13H,3,5,9,11-12H2,1H3,(H,21,25)/t13-/m1/s1. The van der Waals surface area contributed by atoms with Gasteiger partial charge in [0.25, 0.3) is 5.56 Å². The van der Waals surface area contributed by atoms with Crippen LogP contribution in [0, 0.1) is 5.92 Å². The van der Waals surface area contributed by atoms with Crippen LogP contribution in [0.5, 0.6) is 0 Å². The molecule has 1 fully saturated rings. The van der Waals surface area contributed by atoms with Crippen molar-refractivity contribution >= 4 is 34.2 Å². The maximum Gasteiger partial charge on any atom is 0.294 e. The number of thiophene rings is 1. The molecule has 1 aliphatic heterocycles. The van der Waals surface area contributed by atoms with Crippen LogP contribution in [0.1, 0.15) is 17.7 Å². The molecular formula is C19H21N5O2S. The zero-order chi connectivity index (χ0) is 18.8. The molecule has 4 heterocycles. The van der Waals surface area contributed by atoms with Crippen LogP contribution in [0.15, 0.2) is 40.6 Å². The van der Waals surface area contributed by atoms with E-state index in [9.17, 15) is 9.59 Å². The Morgan fingerprint density at radius 1 is 1.37 bits per heavy atom. The molecule has 7 nitrogen and oxygen atoms in total. The maximum absolute atomic E-state index is 12.8. The van der Waals surface area contributed by atoms with Crippen molar-refractivity contribution in [3.8, 4) is 0 Å². The number of aromatic nitrogens is 3. The third-order valence-electron chi connectivity index (χ3n) is 4.91. The van der Waals surface area contributed by atoms with Gasteiger partial charge in [-0.05, 0) is 36.4 Å².